The summed E-state index contributed by atoms with van der Waals surface area (Å²) in [7, 11) is 1.29. The number of amides is 1. The van der Waals surface area contributed by atoms with Crippen LogP contribution < -0.4 is 5.32 Å². The first-order valence-corrected chi connectivity index (χ1v) is 6.13. The van der Waals surface area contributed by atoms with Gasteiger partial charge < -0.3 is 14.8 Å². The second-order valence-corrected chi connectivity index (χ2v) is 4.13. The molecule has 0 saturated heterocycles. The third kappa shape index (κ3) is 4.99. The van der Waals surface area contributed by atoms with Gasteiger partial charge in [-0.1, -0.05) is 29.8 Å². The van der Waals surface area contributed by atoms with Gasteiger partial charge in [0, 0.05) is 6.42 Å². The van der Waals surface area contributed by atoms with Crippen molar-refractivity contribution in [1.82, 2.24) is 5.32 Å². The Hall–Kier alpha value is -2.04. The molecule has 0 aliphatic rings. The van der Waals surface area contributed by atoms with Crippen LogP contribution in [0.1, 0.15) is 18.1 Å². The molecule has 1 unspecified atom stereocenters. The first kappa shape index (κ1) is 15.0. The number of esters is 1. The van der Waals surface area contributed by atoms with E-state index in [1.165, 1.54) is 7.11 Å². The molecule has 1 N–H and O–H groups in total. The van der Waals surface area contributed by atoms with E-state index in [0.29, 0.717) is 6.42 Å². The molecular formula is C14H19NO4. The second kappa shape index (κ2) is 7.41. The normalized spacial score (nSPS) is 11.5. The number of carbonyl (C=O) groups is 2. The lowest BCUT2D eigenvalue weighted by molar-refractivity contribution is -0.142. The number of hydrogen-bond acceptors (Lipinski definition) is 4. The Morgan fingerprint density at radius 2 is 2.11 bits per heavy atom. The van der Waals surface area contributed by atoms with Crippen LogP contribution in [-0.4, -0.2) is 31.8 Å². The lowest BCUT2D eigenvalue weighted by atomic mass is 10.0. The molecule has 1 amide bonds. The quantitative estimate of drug-likeness (QED) is 0.825. The van der Waals surface area contributed by atoms with Crippen LogP contribution in [0.3, 0.4) is 0 Å². The van der Waals surface area contributed by atoms with E-state index in [2.05, 4.69) is 10.1 Å². The average Bonchev–Trinajstić information content (AvgIpc) is 2.37. The first-order valence-electron chi connectivity index (χ1n) is 6.13. The Morgan fingerprint density at radius 3 is 2.68 bits per heavy atom. The van der Waals surface area contributed by atoms with E-state index < -0.39 is 18.1 Å². The summed E-state index contributed by atoms with van der Waals surface area (Å²) in [5.74, 6) is -0.491. The largest absolute Gasteiger partial charge is 0.467 e. The summed E-state index contributed by atoms with van der Waals surface area (Å²) in [5.41, 5.74) is 2.05. The number of methoxy groups -OCH3 is 1. The van der Waals surface area contributed by atoms with Gasteiger partial charge in [-0.25, -0.2) is 9.59 Å². The van der Waals surface area contributed by atoms with Gasteiger partial charge in [0.25, 0.3) is 0 Å². The number of benzene rings is 1. The molecule has 1 rings (SSSR count). The summed E-state index contributed by atoms with van der Waals surface area (Å²) in [4.78, 5) is 23.0. The minimum Gasteiger partial charge on any atom is -0.467 e. The number of ether oxygens (including phenoxy) is 2. The zero-order chi connectivity index (χ0) is 14.3. The van der Waals surface area contributed by atoms with Crippen LogP contribution in [0.25, 0.3) is 0 Å². The van der Waals surface area contributed by atoms with E-state index in [4.69, 9.17) is 4.74 Å². The highest BCUT2D eigenvalue weighted by Gasteiger charge is 2.22. The van der Waals surface area contributed by atoms with E-state index in [0.717, 1.165) is 11.1 Å². The van der Waals surface area contributed by atoms with Gasteiger partial charge >= 0.3 is 12.1 Å². The van der Waals surface area contributed by atoms with Crippen molar-refractivity contribution >= 4 is 12.1 Å². The molecule has 0 fully saturated rings. The predicted octanol–water partition coefficient (Wildman–Crippen LogP) is 1.83. The summed E-state index contributed by atoms with van der Waals surface area (Å²) >= 11 is 0. The minimum atomic E-state index is -0.745. The third-order valence-electron chi connectivity index (χ3n) is 2.58. The Labute approximate surface area is 112 Å². The highest BCUT2D eigenvalue weighted by atomic mass is 16.6. The molecule has 0 aliphatic carbocycles. The average molecular weight is 265 g/mol. The molecule has 0 spiro atoms. The van der Waals surface area contributed by atoms with Crippen LogP contribution in [0.4, 0.5) is 4.79 Å². The third-order valence-corrected chi connectivity index (χ3v) is 2.58. The highest BCUT2D eigenvalue weighted by Crippen LogP contribution is 2.08. The summed E-state index contributed by atoms with van der Waals surface area (Å²) < 4.78 is 9.46. The number of rotatable bonds is 5. The van der Waals surface area contributed by atoms with E-state index in [-0.39, 0.29) is 6.61 Å². The van der Waals surface area contributed by atoms with Crippen molar-refractivity contribution in [1.29, 1.82) is 0 Å². The summed E-state index contributed by atoms with van der Waals surface area (Å²) in [6.45, 7) is 3.92. The van der Waals surface area contributed by atoms with E-state index in [1.807, 2.05) is 31.2 Å². The van der Waals surface area contributed by atoms with Crippen molar-refractivity contribution in [3.05, 3.63) is 35.4 Å². The monoisotopic (exact) mass is 265 g/mol. The molecule has 19 heavy (non-hydrogen) atoms. The second-order valence-electron chi connectivity index (χ2n) is 4.13. The van der Waals surface area contributed by atoms with Gasteiger partial charge in [-0.3, -0.25) is 0 Å². The topological polar surface area (TPSA) is 64.6 Å². The number of hydrogen-bond donors (Lipinski definition) is 1. The molecular weight excluding hydrogens is 246 g/mol. The highest BCUT2D eigenvalue weighted by molar-refractivity contribution is 5.81. The van der Waals surface area contributed by atoms with Gasteiger partial charge in [-0.2, -0.15) is 0 Å². The summed E-state index contributed by atoms with van der Waals surface area (Å²) in [6, 6.07) is 6.99. The lowest BCUT2D eigenvalue weighted by Crippen LogP contribution is -2.43. The fourth-order valence-corrected chi connectivity index (χ4v) is 1.73. The minimum absolute atomic E-state index is 0.254. The summed E-state index contributed by atoms with van der Waals surface area (Å²) in [5, 5.41) is 2.50. The molecule has 0 aromatic heterocycles. The van der Waals surface area contributed by atoms with Crippen molar-refractivity contribution in [3.8, 4) is 0 Å². The van der Waals surface area contributed by atoms with Crippen LogP contribution in [0, 0.1) is 6.92 Å². The lowest BCUT2D eigenvalue weighted by Gasteiger charge is -2.16. The van der Waals surface area contributed by atoms with Crippen molar-refractivity contribution in [3.63, 3.8) is 0 Å². The molecule has 0 bridgehead atoms. The molecule has 1 atom stereocenters. The number of aryl methyl sites for hydroxylation is 1. The fourth-order valence-electron chi connectivity index (χ4n) is 1.73. The molecule has 1 aromatic carbocycles. The zero-order valence-corrected chi connectivity index (χ0v) is 11.4. The molecule has 5 nitrogen and oxygen atoms in total. The van der Waals surface area contributed by atoms with Gasteiger partial charge in [0.15, 0.2) is 0 Å². The molecule has 0 radical (unpaired) electrons. The van der Waals surface area contributed by atoms with Crippen LogP contribution >= 0.6 is 0 Å². The molecule has 0 aliphatic heterocycles. The number of alkyl carbamates (subject to hydrolysis) is 1. The van der Waals surface area contributed by atoms with Gasteiger partial charge in [0.2, 0.25) is 0 Å². The molecule has 0 saturated carbocycles. The van der Waals surface area contributed by atoms with Crippen LogP contribution in [0.15, 0.2) is 24.3 Å². The zero-order valence-electron chi connectivity index (χ0n) is 11.4. The number of carbonyl (C=O) groups excluding carboxylic acids is 2. The molecule has 104 valence electrons. The maximum atomic E-state index is 11.6. The van der Waals surface area contributed by atoms with Crippen molar-refractivity contribution in [2.75, 3.05) is 13.7 Å². The van der Waals surface area contributed by atoms with Gasteiger partial charge in [0.05, 0.1) is 13.7 Å². The Morgan fingerprint density at radius 1 is 1.37 bits per heavy atom. The van der Waals surface area contributed by atoms with Crippen LogP contribution in [0.5, 0.6) is 0 Å². The Kier molecular flexibility index (Phi) is 5.85. The fraction of sp³-hybridized carbons (Fsp3) is 0.429. The summed E-state index contributed by atoms with van der Waals surface area (Å²) in [6.07, 6.45) is -0.252. The smallest absolute Gasteiger partial charge is 0.407 e. The van der Waals surface area contributed by atoms with Crippen LogP contribution in [-0.2, 0) is 20.7 Å². The molecule has 0 heterocycles. The van der Waals surface area contributed by atoms with E-state index >= 15 is 0 Å². The van der Waals surface area contributed by atoms with Gasteiger partial charge in [-0.15, -0.1) is 0 Å². The van der Waals surface area contributed by atoms with Gasteiger partial charge in [0.1, 0.15) is 6.04 Å². The molecule has 1 aromatic rings. The maximum Gasteiger partial charge on any atom is 0.407 e. The maximum absolute atomic E-state index is 11.6. The SMILES string of the molecule is CCOC(=O)NC(Cc1cccc(C)c1)C(=O)OC. The van der Waals surface area contributed by atoms with Crippen molar-refractivity contribution < 1.29 is 19.1 Å². The van der Waals surface area contributed by atoms with Gasteiger partial charge in [-0.05, 0) is 19.4 Å². The number of nitrogens with one attached hydrogen (secondary N) is 1. The predicted molar refractivity (Wildman–Crippen MR) is 70.8 cm³/mol. The molecule has 5 heteroatoms. The van der Waals surface area contributed by atoms with E-state index in [1.54, 1.807) is 6.92 Å². The van der Waals surface area contributed by atoms with Crippen LogP contribution in [0.2, 0.25) is 0 Å². The standard InChI is InChI=1S/C14H19NO4/c1-4-19-14(17)15-12(13(16)18-3)9-11-7-5-6-10(2)8-11/h5-8,12H,4,9H2,1-3H3,(H,15,17). The van der Waals surface area contributed by atoms with E-state index in [9.17, 15) is 9.59 Å². The first-order chi connectivity index (χ1) is 9.06. The van der Waals surface area contributed by atoms with Crippen molar-refractivity contribution in [2.45, 2.75) is 26.3 Å². The van der Waals surface area contributed by atoms with Crippen molar-refractivity contribution in [2.24, 2.45) is 0 Å². The Bertz CT molecular complexity index is 445. The Balaban J connectivity index is 2.74.